The van der Waals surface area contributed by atoms with Gasteiger partial charge in [0.05, 0.1) is 0 Å². The van der Waals surface area contributed by atoms with Crippen LogP contribution in [-0.2, 0) is 7.05 Å². The summed E-state index contributed by atoms with van der Waals surface area (Å²) in [6.45, 7) is 0.758. The van der Waals surface area contributed by atoms with Crippen molar-refractivity contribution < 1.29 is 4.79 Å². The molecule has 110 valence electrons. The molecule has 0 aliphatic heterocycles. The first-order chi connectivity index (χ1) is 10.2. The van der Waals surface area contributed by atoms with E-state index in [1.807, 2.05) is 48.1 Å². The van der Waals surface area contributed by atoms with E-state index in [1.54, 1.807) is 6.20 Å². The molecule has 21 heavy (non-hydrogen) atoms. The quantitative estimate of drug-likeness (QED) is 0.884. The standard InChI is InChI=1S/C16H20N4O/c1-20-10-9-17-15(20)14(13-5-3-2-4-6-13)19-16(21)18-11-12-7-8-12/h2-6,9-10,12,14H,7-8,11H2,1H3,(H2,18,19,21)/t14-/m1/s1. The minimum Gasteiger partial charge on any atom is -0.338 e. The maximum Gasteiger partial charge on any atom is 0.315 e. The monoisotopic (exact) mass is 284 g/mol. The van der Waals surface area contributed by atoms with Crippen LogP contribution in [0.15, 0.2) is 42.7 Å². The smallest absolute Gasteiger partial charge is 0.315 e. The third-order valence-corrected chi connectivity index (χ3v) is 3.77. The number of nitrogens with one attached hydrogen (secondary N) is 2. The molecule has 0 saturated heterocycles. The second kappa shape index (κ2) is 5.99. The molecule has 5 nitrogen and oxygen atoms in total. The van der Waals surface area contributed by atoms with Crippen molar-refractivity contribution in [3.8, 4) is 0 Å². The molecule has 1 aromatic heterocycles. The van der Waals surface area contributed by atoms with Crippen molar-refractivity contribution in [3.05, 3.63) is 54.1 Å². The van der Waals surface area contributed by atoms with E-state index < -0.39 is 0 Å². The van der Waals surface area contributed by atoms with Crippen LogP contribution in [0.2, 0.25) is 0 Å². The number of hydrogen-bond donors (Lipinski definition) is 2. The lowest BCUT2D eigenvalue weighted by Crippen LogP contribution is -2.40. The zero-order valence-corrected chi connectivity index (χ0v) is 12.1. The SMILES string of the molecule is Cn1ccnc1[C@H](NC(=O)NCC1CC1)c1ccccc1. The van der Waals surface area contributed by atoms with Crippen LogP contribution in [0.3, 0.4) is 0 Å². The van der Waals surface area contributed by atoms with Gasteiger partial charge in [0.2, 0.25) is 0 Å². The topological polar surface area (TPSA) is 59.0 Å². The Bertz CT molecular complexity index is 604. The van der Waals surface area contributed by atoms with E-state index >= 15 is 0 Å². The van der Waals surface area contributed by atoms with Crippen LogP contribution >= 0.6 is 0 Å². The molecule has 2 N–H and O–H groups in total. The molecule has 1 fully saturated rings. The molecule has 1 aliphatic carbocycles. The van der Waals surface area contributed by atoms with Crippen molar-refractivity contribution in [3.63, 3.8) is 0 Å². The van der Waals surface area contributed by atoms with Gasteiger partial charge >= 0.3 is 6.03 Å². The maximum absolute atomic E-state index is 12.1. The lowest BCUT2D eigenvalue weighted by Gasteiger charge is -2.19. The average Bonchev–Trinajstić information content (AvgIpc) is 3.24. The summed E-state index contributed by atoms with van der Waals surface area (Å²) in [6, 6.07) is 9.52. The summed E-state index contributed by atoms with van der Waals surface area (Å²) in [5, 5.41) is 5.97. The highest BCUT2D eigenvalue weighted by Crippen LogP contribution is 2.27. The molecule has 0 bridgehead atoms. The fourth-order valence-corrected chi connectivity index (χ4v) is 2.34. The average molecular weight is 284 g/mol. The van der Waals surface area contributed by atoms with Crippen LogP contribution in [0.4, 0.5) is 4.79 Å². The Morgan fingerprint density at radius 1 is 1.38 bits per heavy atom. The number of rotatable bonds is 5. The Kier molecular flexibility index (Phi) is 3.90. The van der Waals surface area contributed by atoms with Gasteiger partial charge in [-0.2, -0.15) is 0 Å². The predicted molar refractivity (Wildman–Crippen MR) is 80.8 cm³/mol. The third-order valence-electron chi connectivity index (χ3n) is 3.77. The van der Waals surface area contributed by atoms with Gasteiger partial charge in [0, 0.05) is 26.0 Å². The highest BCUT2D eigenvalue weighted by atomic mass is 16.2. The molecule has 2 amide bonds. The van der Waals surface area contributed by atoms with Crippen molar-refractivity contribution in [1.29, 1.82) is 0 Å². The molecule has 0 unspecified atom stereocenters. The summed E-state index contributed by atoms with van der Waals surface area (Å²) >= 11 is 0. The molecule has 1 atom stereocenters. The fourth-order valence-electron chi connectivity index (χ4n) is 2.34. The lowest BCUT2D eigenvalue weighted by molar-refractivity contribution is 0.237. The first-order valence-electron chi connectivity index (χ1n) is 7.30. The molecular formula is C16H20N4O. The molecule has 2 aromatic rings. The van der Waals surface area contributed by atoms with Gasteiger partial charge in [-0.1, -0.05) is 30.3 Å². The minimum absolute atomic E-state index is 0.140. The van der Waals surface area contributed by atoms with E-state index in [2.05, 4.69) is 15.6 Å². The Balaban J connectivity index is 1.75. The summed E-state index contributed by atoms with van der Waals surface area (Å²) in [5.74, 6) is 1.49. The van der Waals surface area contributed by atoms with Crippen molar-refractivity contribution in [1.82, 2.24) is 20.2 Å². The second-order valence-corrected chi connectivity index (χ2v) is 5.54. The molecule has 0 spiro atoms. The summed E-state index contributed by atoms with van der Waals surface area (Å²) < 4.78 is 1.93. The van der Waals surface area contributed by atoms with E-state index in [0.717, 1.165) is 17.9 Å². The number of urea groups is 1. The number of carbonyl (C=O) groups excluding carboxylic acids is 1. The highest BCUT2D eigenvalue weighted by Gasteiger charge is 2.24. The van der Waals surface area contributed by atoms with Crippen molar-refractivity contribution >= 4 is 6.03 Å². The van der Waals surface area contributed by atoms with E-state index in [1.165, 1.54) is 12.8 Å². The fraction of sp³-hybridized carbons (Fsp3) is 0.375. The lowest BCUT2D eigenvalue weighted by atomic mass is 10.1. The second-order valence-electron chi connectivity index (χ2n) is 5.54. The van der Waals surface area contributed by atoms with Gasteiger partial charge < -0.3 is 15.2 Å². The van der Waals surface area contributed by atoms with E-state index in [4.69, 9.17) is 0 Å². The van der Waals surface area contributed by atoms with Crippen molar-refractivity contribution in [2.24, 2.45) is 13.0 Å². The number of aromatic nitrogens is 2. The molecule has 3 rings (SSSR count). The normalized spacial score (nSPS) is 15.5. The number of carbonyl (C=O) groups is 1. The molecule has 1 aliphatic rings. The van der Waals surface area contributed by atoms with Crippen LogP contribution in [-0.4, -0.2) is 22.1 Å². The summed E-state index contributed by atoms with van der Waals surface area (Å²) in [5.41, 5.74) is 1.02. The number of amides is 2. The number of aryl methyl sites for hydroxylation is 1. The Morgan fingerprint density at radius 3 is 2.76 bits per heavy atom. The van der Waals surface area contributed by atoms with Crippen LogP contribution in [0.25, 0.3) is 0 Å². The first kappa shape index (κ1) is 13.7. The zero-order valence-electron chi connectivity index (χ0n) is 12.1. The van der Waals surface area contributed by atoms with Gasteiger partial charge in [-0.15, -0.1) is 0 Å². The van der Waals surface area contributed by atoms with Gasteiger partial charge in [-0.3, -0.25) is 0 Å². The molecule has 0 radical (unpaired) electrons. The summed E-state index contributed by atoms with van der Waals surface area (Å²) in [4.78, 5) is 16.5. The maximum atomic E-state index is 12.1. The number of nitrogens with zero attached hydrogens (tertiary/aromatic N) is 2. The largest absolute Gasteiger partial charge is 0.338 e. The number of imidazole rings is 1. The summed E-state index contributed by atoms with van der Waals surface area (Å²) in [6.07, 6.45) is 6.08. The number of hydrogen-bond acceptors (Lipinski definition) is 2. The van der Waals surface area contributed by atoms with Gasteiger partial charge in [0.15, 0.2) is 0 Å². The molecule has 1 saturated carbocycles. The van der Waals surface area contributed by atoms with Gasteiger partial charge in [0.25, 0.3) is 0 Å². The third kappa shape index (κ3) is 3.42. The van der Waals surface area contributed by atoms with Crippen LogP contribution < -0.4 is 10.6 Å². The minimum atomic E-state index is -0.245. The van der Waals surface area contributed by atoms with Gasteiger partial charge in [-0.05, 0) is 24.3 Å². The Morgan fingerprint density at radius 2 is 2.14 bits per heavy atom. The molecule has 5 heteroatoms. The molecule has 1 aromatic carbocycles. The highest BCUT2D eigenvalue weighted by molar-refractivity contribution is 5.74. The molecular weight excluding hydrogens is 264 g/mol. The van der Waals surface area contributed by atoms with E-state index in [-0.39, 0.29) is 12.1 Å². The van der Waals surface area contributed by atoms with Gasteiger partial charge in [-0.25, -0.2) is 9.78 Å². The number of benzene rings is 1. The first-order valence-corrected chi connectivity index (χ1v) is 7.30. The predicted octanol–water partition coefficient (Wildman–Crippen LogP) is 2.22. The van der Waals surface area contributed by atoms with Crippen LogP contribution in [0.5, 0.6) is 0 Å². The summed E-state index contributed by atoms with van der Waals surface area (Å²) in [7, 11) is 1.93. The van der Waals surface area contributed by atoms with E-state index in [0.29, 0.717) is 5.92 Å². The van der Waals surface area contributed by atoms with Crippen LogP contribution in [0.1, 0.15) is 30.3 Å². The Hall–Kier alpha value is -2.30. The van der Waals surface area contributed by atoms with Crippen molar-refractivity contribution in [2.45, 2.75) is 18.9 Å². The zero-order chi connectivity index (χ0) is 14.7. The van der Waals surface area contributed by atoms with Crippen molar-refractivity contribution in [2.75, 3.05) is 6.54 Å². The molecule has 1 heterocycles. The van der Waals surface area contributed by atoms with E-state index in [9.17, 15) is 4.79 Å². The Labute approximate surface area is 124 Å². The van der Waals surface area contributed by atoms with Gasteiger partial charge in [0.1, 0.15) is 11.9 Å². The van der Waals surface area contributed by atoms with Crippen LogP contribution in [0, 0.1) is 5.92 Å².